The van der Waals surface area contributed by atoms with Gasteiger partial charge in [0, 0.05) is 17.7 Å². The quantitative estimate of drug-likeness (QED) is 0.480. The predicted molar refractivity (Wildman–Crippen MR) is 133 cm³/mol. The summed E-state index contributed by atoms with van der Waals surface area (Å²) in [7, 11) is 1.68. The second-order valence-corrected chi connectivity index (χ2v) is 8.61. The monoisotopic (exact) mass is 433 g/mol. The van der Waals surface area contributed by atoms with Crippen LogP contribution in [0.25, 0.3) is 5.70 Å². The summed E-state index contributed by atoms with van der Waals surface area (Å²) >= 11 is 0. The number of rotatable bonds is 5. The van der Waals surface area contributed by atoms with Gasteiger partial charge in [0.2, 0.25) is 0 Å². The summed E-state index contributed by atoms with van der Waals surface area (Å²) in [5.41, 5.74) is 4.32. The molecule has 0 saturated heterocycles. The number of nitrogens with zero attached hydrogens (tertiary/aromatic N) is 2. The highest BCUT2D eigenvalue weighted by Crippen LogP contribution is 2.29. The summed E-state index contributed by atoms with van der Waals surface area (Å²) in [6.07, 6.45) is 12.0. The van der Waals surface area contributed by atoms with E-state index >= 15 is 0 Å². The molecule has 2 aliphatic rings. The number of fused-ring (bicyclic) bond motifs is 1. The number of aliphatic imine (C=N–C) groups is 2. The Morgan fingerprint density at radius 3 is 2.75 bits per heavy atom. The summed E-state index contributed by atoms with van der Waals surface area (Å²) in [5, 5.41) is 3.02. The van der Waals surface area contributed by atoms with Gasteiger partial charge in [0.05, 0.1) is 18.5 Å². The van der Waals surface area contributed by atoms with E-state index in [0.29, 0.717) is 29.6 Å². The SMILES string of the molecule is C=C/C=C(\C)C(=O)NC1=NCCCc2cc(OC)ccc2C(=C)N=C1CC1CCCCC1. The summed E-state index contributed by atoms with van der Waals surface area (Å²) in [6.45, 7) is 10.4. The van der Waals surface area contributed by atoms with Crippen LogP contribution < -0.4 is 10.1 Å². The molecule has 0 unspecified atom stereocenters. The number of allylic oxidation sites excluding steroid dienone is 2. The molecular formula is C27H35N3O2. The Morgan fingerprint density at radius 1 is 1.25 bits per heavy atom. The first-order valence-corrected chi connectivity index (χ1v) is 11.6. The third kappa shape index (κ3) is 6.28. The molecule has 0 radical (unpaired) electrons. The van der Waals surface area contributed by atoms with Crippen molar-refractivity contribution in [1.82, 2.24) is 5.32 Å². The number of carbonyl (C=O) groups excluding carboxylic acids is 1. The highest BCUT2D eigenvalue weighted by atomic mass is 16.5. The first-order chi connectivity index (χ1) is 15.5. The van der Waals surface area contributed by atoms with Gasteiger partial charge in [-0.05, 0) is 55.9 Å². The number of carbonyl (C=O) groups is 1. The van der Waals surface area contributed by atoms with Crippen molar-refractivity contribution in [1.29, 1.82) is 0 Å². The van der Waals surface area contributed by atoms with Crippen LogP contribution in [0, 0.1) is 5.92 Å². The molecule has 0 aromatic heterocycles. The maximum absolute atomic E-state index is 12.7. The lowest BCUT2D eigenvalue weighted by Crippen LogP contribution is -2.38. The number of amidine groups is 1. The number of methoxy groups -OCH3 is 1. The van der Waals surface area contributed by atoms with Crippen molar-refractivity contribution in [3.8, 4) is 5.75 Å². The van der Waals surface area contributed by atoms with Gasteiger partial charge in [-0.15, -0.1) is 0 Å². The van der Waals surface area contributed by atoms with Crippen LogP contribution in [0.4, 0.5) is 0 Å². The first kappa shape index (κ1) is 23.7. The standard InChI is InChI=1S/C27H35N3O2/c1-5-10-19(2)27(31)30-26-25(17-21-11-7-6-8-12-21)29-20(3)24-15-14-23(32-4)18-22(24)13-9-16-28-26/h5,10,14-15,18,21H,1,3,6-9,11-13,16-17H2,2,4H3,(H,28,30,31)/b19-10+,29-25?. The lowest BCUT2D eigenvalue weighted by molar-refractivity contribution is -0.116. The van der Waals surface area contributed by atoms with Crippen LogP contribution in [-0.2, 0) is 11.2 Å². The average molecular weight is 434 g/mol. The van der Waals surface area contributed by atoms with Crippen molar-refractivity contribution in [3.63, 3.8) is 0 Å². The van der Waals surface area contributed by atoms with Gasteiger partial charge in [-0.3, -0.25) is 9.79 Å². The van der Waals surface area contributed by atoms with E-state index < -0.39 is 0 Å². The Bertz CT molecular complexity index is 950. The largest absolute Gasteiger partial charge is 0.497 e. The van der Waals surface area contributed by atoms with Gasteiger partial charge in [0.15, 0.2) is 0 Å². The van der Waals surface area contributed by atoms with Crippen molar-refractivity contribution in [2.45, 2.75) is 58.3 Å². The first-order valence-electron chi connectivity index (χ1n) is 11.6. The van der Waals surface area contributed by atoms with E-state index in [1.165, 1.54) is 37.7 Å². The Kier molecular flexibility index (Phi) is 8.60. The Balaban J connectivity index is 1.97. The molecule has 1 amide bonds. The number of aryl methyl sites for hydroxylation is 1. The van der Waals surface area contributed by atoms with Crippen LogP contribution in [-0.4, -0.2) is 31.1 Å². The molecule has 1 saturated carbocycles. The minimum Gasteiger partial charge on any atom is -0.497 e. The van der Waals surface area contributed by atoms with Gasteiger partial charge in [0.25, 0.3) is 5.91 Å². The van der Waals surface area contributed by atoms with Crippen LogP contribution in [0.5, 0.6) is 5.75 Å². The van der Waals surface area contributed by atoms with E-state index in [9.17, 15) is 4.79 Å². The molecule has 5 heteroatoms. The topological polar surface area (TPSA) is 63.0 Å². The smallest absolute Gasteiger partial charge is 0.252 e. The maximum Gasteiger partial charge on any atom is 0.252 e. The van der Waals surface area contributed by atoms with E-state index in [1.807, 2.05) is 12.1 Å². The third-order valence-corrected chi connectivity index (χ3v) is 6.21. The molecule has 1 aromatic carbocycles. The fourth-order valence-electron chi connectivity index (χ4n) is 4.39. The number of benzene rings is 1. The van der Waals surface area contributed by atoms with Crippen molar-refractivity contribution >= 4 is 23.2 Å². The normalized spacial score (nSPS) is 18.2. The number of ether oxygens (including phenoxy) is 1. The third-order valence-electron chi connectivity index (χ3n) is 6.21. The Labute approximate surface area is 192 Å². The molecule has 5 nitrogen and oxygen atoms in total. The van der Waals surface area contributed by atoms with Crippen LogP contribution in [0.1, 0.15) is 63.0 Å². The molecule has 1 heterocycles. The lowest BCUT2D eigenvalue weighted by atomic mass is 9.85. The van der Waals surface area contributed by atoms with Gasteiger partial charge in [-0.2, -0.15) is 0 Å². The molecule has 0 bridgehead atoms. The fraction of sp³-hybridized carbons (Fsp3) is 0.444. The summed E-state index contributed by atoms with van der Waals surface area (Å²) in [6, 6.07) is 6.05. The molecule has 1 N–H and O–H groups in total. The number of amides is 1. The zero-order valence-corrected chi connectivity index (χ0v) is 19.5. The van der Waals surface area contributed by atoms with E-state index in [2.05, 4.69) is 24.5 Å². The van der Waals surface area contributed by atoms with E-state index in [-0.39, 0.29) is 5.91 Å². The van der Waals surface area contributed by atoms with E-state index in [4.69, 9.17) is 14.7 Å². The van der Waals surface area contributed by atoms with Crippen LogP contribution in [0.2, 0.25) is 0 Å². The fourth-order valence-corrected chi connectivity index (χ4v) is 4.39. The van der Waals surface area contributed by atoms with E-state index in [1.54, 1.807) is 26.2 Å². The van der Waals surface area contributed by atoms with E-state index in [0.717, 1.165) is 36.3 Å². The average Bonchev–Trinajstić information content (AvgIpc) is 2.80. The van der Waals surface area contributed by atoms with Gasteiger partial charge in [-0.25, -0.2) is 4.99 Å². The van der Waals surface area contributed by atoms with Gasteiger partial charge >= 0.3 is 0 Å². The molecule has 1 fully saturated rings. The molecule has 1 aliphatic carbocycles. The molecule has 170 valence electrons. The highest BCUT2D eigenvalue weighted by Gasteiger charge is 2.22. The molecule has 1 aliphatic heterocycles. The zero-order chi connectivity index (χ0) is 22.9. The predicted octanol–water partition coefficient (Wildman–Crippen LogP) is 5.67. The molecule has 1 aromatic rings. The van der Waals surface area contributed by atoms with Crippen LogP contribution >= 0.6 is 0 Å². The van der Waals surface area contributed by atoms with Crippen molar-refractivity contribution in [2.24, 2.45) is 15.9 Å². The van der Waals surface area contributed by atoms with Crippen LogP contribution in [0.15, 0.2) is 59.1 Å². The number of nitrogens with one attached hydrogen (secondary N) is 1. The summed E-state index contributed by atoms with van der Waals surface area (Å²) in [5.74, 6) is 1.80. The molecular weight excluding hydrogens is 398 g/mol. The number of hydrogen-bond acceptors (Lipinski definition) is 4. The minimum absolute atomic E-state index is 0.173. The molecule has 32 heavy (non-hydrogen) atoms. The second-order valence-electron chi connectivity index (χ2n) is 8.61. The Morgan fingerprint density at radius 2 is 2.03 bits per heavy atom. The van der Waals surface area contributed by atoms with Gasteiger partial charge in [-0.1, -0.05) is 57.4 Å². The number of hydrogen-bond donors (Lipinski definition) is 1. The van der Waals surface area contributed by atoms with Crippen LogP contribution in [0.3, 0.4) is 0 Å². The highest BCUT2D eigenvalue weighted by molar-refractivity contribution is 6.45. The summed E-state index contributed by atoms with van der Waals surface area (Å²) < 4.78 is 5.42. The van der Waals surface area contributed by atoms with Crippen molar-refractivity contribution in [3.05, 3.63) is 60.2 Å². The second kappa shape index (κ2) is 11.6. The van der Waals surface area contributed by atoms with Crippen molar-refractivity contribution < 1.29 is 9.53 Å². The van der Waals surface area contributed by atoms with Gasteiger partial charge in [0.1, 0.15) is 11.6 Å². The lowest BCUT2D eigenvalue weighted by Gasteiger charge is -2.24. The maximum atomic E-state index is 12.7. The Hall–Kier alpha value is -2.95. The molecule has 0 atom stereocenters. The summed E-state index contributed by atoms with van der Waals surface area (Å²) in [4.78, 5) is 22.5. The van der Waals surface area contributed by atoms with Crippen molar-refractivity contribution in [2.75, 3.05) is 13.7 Å². The molecule has 3 rings (SSSR count). The van der Waals surface area contributed by atoms with Gasteiger partial charge < -0.3 is 10.1 Å². The zero-order valence-electron chi connectivity index (χ0n) is 19.5. The minimum atomic E-state index is -0.173. The molecule has 0 spiro atoms.